The number of rotatable bonds is 8. The Morgan fingerprint density at radius 1 is 1.27 bits per heavy atom. The molecule has 2 aromatic rings. The molecule has 2 rings (SSSR count). The summed E-state index contributed by atoms with van der Waals surface area (Å²) >= 11 is 0. The predicted molar refractivity (Wildman–Crippen MR) is 103 cm³/mol. The van der Waals surface area contributed by atoms with Gasteiger partial charge in [-0.1, -0.05) is 31.4 Å². The first kappa shape index (κ1) is 19.6. The zero-order valence-corrected chi connectivity index (χ0v) is 15.8. The minimum absolute atomic E-state index is 0.137. The molecule has 0 radical (unpaired) electrons. The summed E-state index contributed by atoms with van der Waals surface area (Å²) in [6.45, 7) is 5.05. The molecule has 0 atom stereocenters. The zero-order chi connectivity index (χ0) is 18.8. The summed E-state index contributed by atoms with van der Waals surface area (Å²) in [5.41, 5.74) is 2.37. The van der Waals surface area contributed by atoms with Crippen LogP contribution in [0.25, 0.3) is 0 Å². The van der Waals surface area contributed by atoms with E-state index in [4.69, 9.17) is 4.74 Å². The number of nitrogens with zero attached hydrogens (tertiary/aromatic N) is 2. The maximum Gasteiger partial charge on any atom is 0.269 e. The largest absolute Gasteiger partial charge is 0.493 e. The van der Waals surface area contributed by atoms with Crippen LogP contribution in [0.4, 0.5) is 0 Å². The van der Waals surface area contributed by atoms with Gasteiger partial charge in [-0.05, 0) is 37.1 Å². The first-order chi connectivity index (χ1) is 12.6. The summed E-state index contributed by atoms with van der Waals surface area (Å²) in [6, 6.07) is 9.53. The molecule has 1 N–H and O–H groups in total. The molecule has 0 bridgehead atoms. The fraction of sp³-hybridized carbons (Fsp3) is 0.429. The molecular formula is C21H27N3O2. The quantitative estimate of drug-likeness (QED) is 0.582. The second-order valence-corrected chi connectivity index (χ2v) is 6.18. The van der Waals surface area contributed by atoms with Crippen LogP contribution in [0.3, 0.4) is 0 Å². The Morgan fingerprint density at radius 2 is 2.08 bits per heavy atom. The van der Waals surface area contributed by atoms with Crippen LogP contribution in [0.5, 0.6) is 5.75 Å². The van der Waals surface area contributed by atoms with E-state index in [9.17, 15) is 4.79 Å². The first-order valence-electron chi connectivity index (χ1n) is 9.06. The molecule has 0 aliphatic heterocycles. The summed E-state index contributed by atoms with van der Waals surface area (Å²) in [4.78, 5) is 12.2. The predicted octanol–water partition coefficient (Wildman–Crippen LogP) is 3.62. The Labute approximate surface area is 155 Å². The van der Waals surface area contributed by atoms with Crippen molar-refractivity contribution in [3.63, 3.8) is 0 Å². The lowest BCUT2D eigenvalue weighted by Crippen LogP contribution is -2.25. The molecule has 1 aromatic heterocycles. The molecule has 0 saturated heterocycles. The smallest absolute Gasteiger partial charge is 0.269 e. The van der Waals surface area contributed by atoms with Gasteiger partial charge in [0.1, 0.15) is 11.4 Å². The third-order valence-corrected chi connectivity index (χ3v) is 3.86. The molecule has 5 nitrogen and oxygen atoms in total. The van der Waals surface area contributed by atoms with Gasteiger partial charge in [0.2, 0.25) is 0 Å². The van der Waals surface area contributed by atoms with Crippen molar-refractivity contribution >= 4 is 5.91 Å². The normalized spacial score (nSPS) is 10.1. The van der Waals surface area contributed by atoms with Crippen molar-refractivity contribution < 1.29 is 9.53 Å². The third kappa shape index (κ3) is 6.29. The molecule has 138 valence electrons. The van der Waals surface area contributed by atoms with Gasteiger partial charge in [0.05, 0.1) is 12.3 Å². The van der Waals surface area contributed by atoms with E-state index >= 15 is 0 Å². The van der Waals surface area contributed by atoms with Gasteiger partial charge < -0.3 is 10.1 Å². The second kappa shape index (κ2) is 10.3. The van der Waals surface area contributed by atoms with Crippen LogP contribution >= 0.6 is 0 Å². The average molecular weight is 353 g/mol. The monoisotopic (exact) mass is 353 g/mol. The van der Waals surface area contributed by atoms with Gasteiger partial charge in [0, 0.05) is 26.4 Å². The Bertz CT molecular complexity index is 784. The fourth-order valence-electron chi connectivity index (χ4n) is 2.50. The molecule has 1 heterocycles. The SMILES string of the molecule is CCCCC#CCCOc1cccc(CNC(=O)c2cc(C)nn2C)c1. The Morgan fingerprint density at radius 3 is 2.81 bits per heavy atom. The number of hydrogen-bond acceptors (Lipinski definition) is 3. The van der Waals surface area contributed by atoms with E-state index in [1.807, 2.05) is 31.2 Å². The molecular weight excluding hydrogens is 326 g/mol. The van der Waals surface area contributed by atoms with E-state index < -0.39 is 0 Å². The van der Waals surface area contributed by atoms with E-state index in [0.29, 0.717) is 18.8 Å². The lowest BCUT2D eigenvalue weighted by molar-refractivity contribution is 0.0941. The van der Waals surface area contributed by atoms with Crippen LogP contribution in [0.2, 0.25) is 0 Å². The molecule has 1 amide bonds. The Balaban J connectivity index is 1.80. The second-order valence-electron chi connectivity index (χ2n) is 6.18. The van der Waals surface area contributed by atoms with E-state index in [2.05, 4.69) is 29.2 Å². The van der Waals surface area contributed by atoms with Gasteiger partial charge in [-0.2, -0.15) is 5.10 Å². The number of carbonyl (C=O) groups excluding carboxylic acids is 1. The van der Waals surface area contributed by atoms with Crippen LogP contribution in [-0.4, -0.2) is 22.3 Å². The summed E-state index contributed by atoms with van der Waals surface area (Å²) in [6.07, 6.45) is 4.01. The molecule has 0 unspecified atom stereocenters. The van der Waals surface area contributed by atoms with Crippen LogP contribution in [-0.2, 0) is 13.6 Å². The van der Waals surface area contributed by atoms with Crippen molar-refractivity contribution in [2.24, 2.45) is 7.05 Å². The van der Waals surface area contributed by atoms with Gasteiger partial charge in [-0.25, -0.2) is 0 Å². The molecule has 1 aromatic carbocycles. The van der Waals surface area contributed by atoms with E-state index in [1.165, 1.54) is 6.42 Å². The molecule has 0 aliphatic carbocycles. The maximum atomic E-state index is 12.2. The Hall–Kier alpha value is -2.74. The summed E-state index contributed by atoms with van der Waals surface area (Å²) in [5, 5.41) is 7.11. The van der Waals surface area contributed by atoms with E-state index in [1.54, 1.807) is 17.8 Å². The summed E-state index contributed by atoms with van der Waals surface area (Å²) < 4.78 is 7.33. The summed E-state index contributed by atoms with van der Waals surface area (Å²) in [7, 11) is 1.77. The highest BCUT2D eigenvalue weighted by molar-refractivity contribution is 5.92. The third-order valence-electron chi connectivity index (χ3n) is 3.86. The number of aromatic nitrogens is 2. The maximum absolute atomic E-state index is 12.2. The number of ether oxygens (including phenoxy) is 1. The van der Waals surface area contributed by atoms with Crippen LogP contribution < -0.4 is 10.1 Å². The highest BCUT2D eigenvalue weighted by atomic mass is 16.5. The van der Waals surface area contributed by atoms with Crippen LogP contribution in [0, 0.1) is 18.8 Å². The van der Waals surface area contributed by atoms with Gasteiger partial charge in [0.25, 0.3) is 5.91 Å². The zero-order valence-electron chi connectivity index (χ0n) is 15.8. The van der Waals surface area contributed by atoms with Crippen molar-refractivity contribution in [3.8, 4) is 17.6 Å². The van der Waals surface area contributed by atoms with E-state index in [-0.39, 0.29) is 5.91 Å². The molecule has 26 heavy (non-hydrogen) atoms. The van der Waals surface area contributed by atoms with Crippen molar-refractivity contribution in [1.29, 1.82) is 0 Å². The molecule has 0 fully saturated rings. The van der Waals surface area contributed by atoms with Crippen LogP contribution in [0.15, 0.2) is 30.3 Å². The minimum Gasteiger partial charge on any atom is -0.493 e. The lowest BCUT2D eigenvalue weighted by atomic mass is 10.2. The number of unbranched alkanes of at least 4 members (excludes halogenated alkanes) is 2. The first-order valence-corrected chi connectivity index (χ1v) is 9.06. The number of benzene rings is 1. The fourth-order valence-corrected chi connectivity index (χ4v) is 2.50. The Kier molecular flexibility index (Phi) is 7.75. The topological polar surface area (TPSA) is 56.1 Å². The molecule has 0 aliphatic rings. The molecule has 0 spiro atoms. The van der Waals surface area contributed by atoms with Gasteiger partial charge >= 0.3 is 0 Å². The number of hydrogen-bond donors (Lipinski definition) is 1. The van der Waals surface area contributed by atoms with Gasteiger partial charge in [-0.15, -0.1) is 5.92 Å². The standard InChI is InChI=1S/C21H27N3O2/c1-4-5-6-7-8-9-13-26-19-12-10-11-18(15-19)16-22-21(25)20-14-17(2)23-24(20)3/h10-12,14-15H,4-6,9,13,16H2,1-3H3,(H,22,25). The number of amides is 1. The average Bonchev–Trinajstić information content (AvgIpc) is 2.97. The van der Waals surface area contributed by atoms with E-state index in [0.717, 1.165) is 36.3 Å². The highest BCUT2D eigenvalue weighted by Crippen LogP contribution is 2.13. The van der Waals surface area contributed by atoms with Crippen molar-refractivity contribution in [2.45, 2.75) is 46.1 Å². The lowest BCUT2D eigenvalue weighted by Gasteiger charge is -2.08. The molecule has 0 saturated carbocycles. The highest BCUT2D eigenvalue weighted by Gasteiger charge is 2.11. The number of carbonyl (C=O) groups is 1. The van der Waals surface area contributed by atoms with Gasteiger partial charge in [-0.3, -0.25) is 9.48 Å². The van der Waals surface area contributed by atoms with Crippen molar-refractivity contribution in [3.05, 3.63) is 47.3 Å². The molecule has 5 heteroatoms. The van der Waals surface area contributed by atoms with Crippen molar-refractivity contribution in [2.75, 3.05) is 6.61 Å². The minimum atomic E-state index is -0.137. The number of aryl methyl sites for hydroxylation is 2. The van der Waals surface area contributed by atoms with Crippen LogP contribution in [0.1, 0.15) is 54.4 Å². The van der Waals surface area contributed by atoms with Crippen molar-refractivity contribution in [1.82, 2.24) is 15.1 Å². The summed E-state index contributed by atoms with van der Waals surface area (Å²) in [5.74, 6) is 6.94. The van der Waals surface area contributed by atoms with Gasteiger partial charge in [0.15, 0.2) is 0 Å². The number of nitrogens with one attached hydrogen (secondary N) is 1.